The molecule has 2 heteroatoms. The van der Waals surface area contributed by atoms with Crippen molar-refractivity contribution in [2.75, 3.05) is 0 Å². The molecular formula is C12H11NO. The Kier molecular flexibility index (Phi) is 2.45. The van der Waals surface area contributed by atoms with E-state index in [1.807, 2.05) is 24.3 Å². The highest BCUT2D eigenvalue weighted by molar-refractivity contribution is 5.22. The van der Waals surface area contributed by atoms with Crippen LogP contribution in [0, 0.1) is 5.21 Å². The van der Waals surface area contributed by atoms with Gasteiger partial charge in [0.1, 0.15) is 0 Å². The summed E-state index contributed by atoms with van der Waals surface area (Å²) in [7, 11) is 0. The summed E-state index contributed by atoms with van der Waals surface area (Å²) >= 11 is 0. The normalized spacial score (nSPS) is 10.0. The van der Waals surface area contributed by atoms with Crippen molar-refractivity contribution < 1.29 is 4.73 Å². The highest BCUT2D eigenvalue weighted by Gasteiger charge is 1.98. The third kappa shape index (κ3) is 2.10. The van der Waals surface area contributed by atoms with E-state index in [4.69, 9.17) is 0 Å². The van der Waals surface area contributed by atoms with Gasteiger partial charge in [-0.3, -0.25) is 0 Å². The number of hydrogen-bond acceptors (Lipinski definition) is 1. The zero-order valence-electron chi connectivity index (χ0n) is 7.76. The molecule has 1 aromatic heterocycles. The highest BCUT2D eigenvalue weighted by Crippen LogP contribution is 2.06. The van der Waals surface area contributed by atoms with Crippen molar-refractivity contribution in [3.63, 3.8) is 0 Å². The molecule has 1 aromatic carbocycles. The molecule has 0 amide bonds. The Bertz CT molecular complexity index is 412. The predicted molar refractivity (Wildman–Crippen MR) is 54.7 cm³/mol. The lowest BCUT2D eigenvalue weighted by molar-refractivity contribution is -0.605. The van der Waals surface area contributed by atoms with Crippen molar-refractivity contribution in [3.8, 4) is 0 Å². The number of pyridine rings is 1. The van der Waals surface area contributed by atoms with Crippen molar-refractivity contribution in [2.24, 2.45) is 0 Å². The molecule has 14 heavy (non-hydrogen) atoms. The van der Waals surface area contributed by atoms with Crippen LogP contribution in [-0.4, -0.2) is 0 Å². The van der Waals surface area contributed by atoms with Gasteiger partial charge in [-0.05, 0) is 11.6 Å². The van der Waals surface area contributed by atoms with E-state index in [1.165, 1.54) is 11.8 Å². The molecule has 0 N–H and O–H groups in total. The summed E-state index contributed by atoms with van der Waals surface area (Å²) in [4.78, 5) is 0. The van der Waals surface area contributed by atoms with Crippen molar-refractivity contribution in [1.82, 2.24) is 0 Å². The van der Waals surface area contributed by atoms with Gasteiger partial charge < -0.3 is 5.21 Å². The third-order valence-corrected chi connectivity index (χ3v) is 2.09. The fourth-order valence-corrected chi connectivity index (χ4v) is 1.44. The third-order valence-electron chi connectivity index (χ3n) is 2.09. The molecule has 0 atom stereocenters. The molecule has 2 nitrogen and oxygen atoms in total. The first-order valence-corrected chi connectivity index (χ1v) is 4.56. The molecule has 0 aliphatic heterocycles. The maximum atomic E-state index is 11.0. The lowest BCUT2D eigenvalue weighted by Crippen LogP contribution is -2.24. The van der Waals surface area contributed by atoms with Crippen LogP contribution in [0.1, 0.15) is 11.1 Å². The van der Waals surface area contributed by atoms with Gasteiger partial charge in [-0.25, -0.2) is 0 Å². The summed E-state index contributed by atoms with van der Waals surface area (Å²) in [5.74, 6) is 0. The minimum Gasteiger partial charge on any atom is -0.619 e. The van der Waals surface area contributed by atoms with E-state index in [-0.39, 0.29) is 0 Å². The summed E-state index contributed by atoms with van der Waals surface area (Å²) in [6, 6.07) is 13.8. The van der Waals surface area contributed by atoms with Gasteiger partial charge in [-0.15, -0.1) is 0 Å². The molecule has 0 saturated heterocycles. The van der Waals surface area contributed by atoms with E-state index in [9.17, 15) is 5.21 Å². The largest absolute Gasteiger partial charge is 0.619 e. The Balaban J connectivity index is 2.19. The van der Waals surface area contributed by atoms with Crippen molar-refractivity contribution in [2.45, 2.75) is 6.42 Å². The lowest BCUT2D eigenvalue weighted by Gasteiger charge is -2.01. The molecule has 2 aromatic rings. The Hall–Kier alpha value is -1.83. The number of rotatable bonds is 2. The van der Waals surface area contributed by atoms with Gasteiger partial charge in [0.05, 0.1) is 0 Å². The molecule has 0 aliphatic rings. The van der Waals surface area contributed by atoms with Gasteiger partial charge in [0, 0.05) is 18.1 Å². The number of benzene rings is 1. The minimum atomic E-state index is 0.809. The zero-order chi connectivity index (χ0) is 9.80. The van der Waals surface area contributed by atoms with E-state index in [0.717, 1.165) is 16.7 Å². The van der Waals surface area contributed by atoms with Gasteiger partial charge in [0.25, 0.3) is 0 Å². The quantitative estimate of drug-likeness (QED) is 0.518. The molecule has 0 spiro atoms. The monoisotopic (exact) mass is 185 g/mol. The molecule has 2 rings (SSSR count). The predicted octanol–water partition coefficient (Wildman–Crippen LogP) is 1.91. The van der Waals surface area contributed by atoms with E-state index in [0.29, 0.717) is 0 Å². The van der Waals surface area contributed by atoms with Gasteiger partial charge in [0.2, 0.25) is 0 Å². The first-order chi connectivity index (χ1) is 6.84. The van der Waals surface area contributed by atoms with Crippen LogP contribution in [0.15, 0.2) is 54.9 Å². The van der Waals surface area contributed by atoms with E-state index >= 15 is 0 Å². The molecule has 0 aliphatic carbocycles. The Morgan fingerprint density at radius 1 is 0.929 bits per heavy atom. The average molecular weight is 185 g/mol. The smallest absolute Gasteiger partial charge is 0.183 e. The topological polar surface area (TPSA) is 26.9 Å². The molecular weight excluding hydrogens is 174 g/mol. The van der Waals surface area contributed by atoms with Gasteiger partial charge >= 0.3 is 0 Å². The van der Waals surface area contributed by atoms with Crippen LogP contribution in [0.4, 0.5) is 0 Å². The highest BCUT2D eigenvalue weighted by atomic mass is 16.5. The summed E-state index contributed by atoms with van der Waals surface area (Å²) in [6.45, 7) is 0. The number of nitrogens with zero attached hydrogens (tertiary/aromatic N) is 1. The van der Waals surface area contributed by atoms with Crippen molar-refractivity contribution in [3.05, 3.63) is 71.2 Å². The number of hydrogen-bond donors (Lipinski definition) is 0. The lowest BCUT2D eigenvalue weighted by atomic mass is 10.1. The van der Waals surface area contributed by atoms with Crippen LogP contribution in [0.3, 0.4) is 0 Å². The summed E-state index contributed by atoms with van der Waals surface area (Å²) < 4.78 is 0.832. The molecule has 0 fully saturated rings. The van der Waals surface area contributed by atoms with Crippen LogP contribution in [0.5, 0.6) is 0 Å². The fourth-order valence-electron chi connectivity index (χ4n) is 1.44. The van der Waals surface area contributed by atoms with E-state index in [1.54, 1.807) is 12.3 Å². The van der Waals surface area contributed by atoms with Crippen molar-refractivity contribution >= 4 is 0 Å². The van der Waals surface area contributed by atoms with Crippen LogP contribution < -0.4 is 4.73 Å². The zero-order valence-corrected chi connectivity index (χ0v) is 7.76. The number of aromatic nitrogens is 1. The Morgan fingerprint density at radius 3 is 2.36 bits per heavy atom. The second-order valence-electron chi connectivity index (χ2n) is 3.23. The fraction of sp³-hybridized carbons (Fsp3) is 0.0833. The molecule has 0 unspecified atom stereocenters. The Morgan fingerprint density at radius 2 is 1.64 bits per heavy atom. The summed E-state index contributed by atoms with van der Waals surface area (Å²) in [5.41, 5.74) is 2.26. The van der Waals surface area contributed by atoms with E-state index < -0.39 is 0 Å². The van der Waals surface area contributed by atoms with E-state index in [2.05, 4.69) is 12.1 Å². The molecule has 1 heterocycles. The summed E-state index contributed by atoms with van der Waals surface area (Å²) in [6.07, 6.45) is 3.91. The minimum absolute atomic E-state index is 0.809. The van der Waals surface area contributed by atoms with Crippen LogP contribution in [0.2, 0.25) is 0 Å². The standard InChI is InChI=1S/C12H11NO/c14-13-8-4-7-12(10-13)9-11-5-2-1-3-6-11/h1-8,10H,9H2. The molecule has 0 saturated carbocycles. The van der Waals surface area contributed by atoms with Gasteiger partial charge in [-0.1, -0.05) is 30.3 Å². The molecule has 0 bridgehead atoms. The molecule has 70 valence electrons. The van der Waals surface area contributed by atoms with Crippen LogP contribution in [-0.2, 0) is 6.42 Å². The maximum absolute atomic E-state index is 11.0. The second kappa shape index (κ2) is 3.92. The Labute approximate surface area is 83.0 Å². The molecule has 0 radical (unpaired) electrons. The van der Waals surface area contributed by atoms with Gasteiger partial charge in [0.15, 0.2) is 12.4 Å². The first-order valence-electron chi connectivity index (χ1n) is 4.56. The summed E-state index contributed by atoms with van der Waals surface area (Å²) in [5, 5.41) is 11.0. The van der Waals surface area contributed by atoms with Gasteiger partial charge in [-0.2, -0.15) is 4.73 Å². The first kappa shape index (κ1) is 8.75. The van der Waals surface area contributed by atoms with Crippen LogP contribution >= 0.6 is 0 Å². The SMILES string of the molecule is [O-][n+]1cccc(Cc2ccccc2)c1. The second-order valence-corrected chi connectivity index (χ2v) is 3.23. The van der Waals surface area contributed by atoms with Crippen molar-refractivity contribution in [1.29, 1.82) is 0 Å². The average Bonchev–Trinajstić information content (AvgIpc) is 2.19. The maximum Gasteiger partial charge on any atom is 0.183 e. The van der Waals surface area contributed by atoms with Crippen LogP contribution in [0.25, 0.3) is 0 Å².